The molecule has 0 aromatic rings. The van der Waals surface area contributed by atoms with E-state index in [2.05, 4.69) is 0 Å². The van der Waals surface area contributed by atoms with Crippen LogP contribution in [0.25, 0.3) is 0 Å². The van der Waals surface area contributed by atoms with Crippen LogP contribution in [-0.4, -0.2) is 36.0 Å². The summed E-state index contributed by atoms with van der Waals surface area (Å²) in [5, 5.41) is 0. The molecule has 31 valence electrons. The fourth-order valence-corrected chi connectivity index (χ4v) is 0. The molecule has 0 aliphatic carbocycles. The Bertz CT molecular complexity index is 8.00. The van der Waals surface area contributed by atoms with Crippen molar-refractivity contribution in [2.24, 2.45) is 0 Å². The van der Waals surface area contributed by atoms with Crippen molar-refractivity contribution < 1.29 is 42.5 Å². The summed E-state index contributed by atoms with van der Waals surface area (Å²) in [5.74, 6) is 0. The molecular formula is AgIrSbTe. The summed E-state index contributed by atoms with van der Waals surface area (Å²) in [6.07, 6.45) is 0. The van der Waals surface area contributed by atoms with E-state index in [1.165, 1.54) is 0 Å². The first-order chi connectivity index (χ1) is 1.00. The zero-order valence-corrected chi connectivity index (χ0v) is 10.3. The third kappa shape index (κ3) is 8.89. The zero-order valence-electron chi connectivity index (χ0n) is 1.49. The summed E-state index contributed by atoms with van der Waals surface area (Å²) in [5.41, 5.74) is 0. The molecular weight excluding hydrogens is 549 g/mol. The molecule has 0 rings (SSSR count). The molecule has 3 radical (unpaired) electrons. The van der Waals surface area contributed by atoms with Gasteiger partial charge in [0.1, 0.15) is 0 Å². The van der Waals surface area contributed by atoms with E-state index < -0.39 is 0 Å². The van der Waals surface area contributed by atoms with Crippen LogP contribution in [0, 0.1) is 0 Å². The molecule has 0 atom stereocenters. The molecule has 0 saturated heterocycles. The summed E-state index contributed by atoms with van der Waals surface area (Å²) in [4.78, 5) is 0. The normalized spacial score (nSPS) is 1.00. The quantitative estimate of drug-likeness (QED) is 0.349. The first-order valence-corrected chi connectivity index (χ1v) is 8.22. The van der Waals surface area contributed by atoms with Crippen molar-refractivity contribution in [3.05, 3.63) is 0 Å². The van der Waals surface area contributed by atoms with E-state index >= 15 is 0 Å². The maximum absolute atomic E-state index is 2.00. The minimum atomic E-state index is 0. The number of hydrogen-bond acceptors (Lipinski definition) is 0. The van der Waals surface area contributed by atoms with Crippen molar-refractivity contribution in [1.82, 2.24) is 0 Å². The van der Waals surface area contributed by atoms with Gasteiger partial charge in [0.15, 0.2) is 0 Å². The Morgan fingerprint density at radius 2 is 1.25 bits per heavy atom. The Hall–Kier alpha value is 3.00. The van der Waals surface area contributed by atoms with E-state index in [-0.39, 0.29) is 42.5 Å². The first kappa shape index (κ1) is 15.8. The van der Waals surface area contributed by atoms with Gasteiger partial charge in [0.05, 0.1) is 0 Å². The van der Waals surface area contributed by atoms with Gasteiger partial charge in [-0.15, -0.1) is 0 Å². The third-order valence-electron chi connectivity index (χ3n) is 0. The van der Waals surface area contributed by atoms with Gasteiger partial charge in [0.2, 0.25) is 0 Å². The molecule has 0 saturated carbocycles. The second kappa shape index (κ2) is 16.7. The molecule has 0 aliphatic rings. The molecule has 0 heterocycles. The van der Waals surface area contributed by atoms with Gasteiger partial charge in [-0.3, -0.25) is 0 Å². The molecule has 0 aromatic carbocycles. The summed E-state index contributed by atoms with van der Waals surface area (Å²) in [7, 11) is 0. The van der Waals surface area contributed by atoms with Gasteiger partial charge in [-0.25, -0.2) is 0 Å². The Labute approximate surface area is 76.9 Å². The third-order valence-corrected chi connectivity index (χ3v) is 0. The molecule has 0 aliphatic heterocycles. The molecule has 0 unspecified atom stereocenters. The van der Waals surface area contributed by atoms with Gasteiger partial charge in [-0.05, 0) is 0 Å². The Balaban J connectivity index is -0.00000000500. The van der Waals surface area contributed by atoms with E-state index in [0.717, 1.165) is 0 Å². The minimum absolute atomic E-state index is 0. The monoisotopic (exact) mass is 551 g/mol. The van der Waals surface area contributed by atoms with Crippen molar-refractivity contribution in [3.63, 3.8) is 0 Å². The van der Waals surface area contributed by atoms with Crippen LogP contribution in [0.15, 0.2) is 0 Å². The molecule has 0 aromatic heterocycles. The van der Waals surface area contributed by atoms with Crippen LogP contribution < -0.4 is 0 Å². The first-order valence-electron chi connectivity index (χ1n) is 0.183. The van der Waals surface area contributed by atoms with Crippen molar-refractivity contribution in [2.45, 2.75) is 0 Å². The van der Waals surface area contributed by atoms with Crippen LogP contribution in [0.5, 0.6) is 0 Å². The van der Waals surface area contributed by atoms with Gasteiger partial charge in [0, 0.05) is 42.5 Å². The summed E-state index contributed by atoms with van der Waals surface area (Å²) in [6.45, 7) is 0. The van der Waals surface area contributed by atoms with E-state index in [1.807, 2.05) is 17.6 Å². The predicted octanol–water partition coefficient (Wildman–Crippen LogP) is -0.767. The van der Waals surface area contributed by atoms with Crippen molar-refractivity contribution >= 4 is 36.0 Å². The van der Waals surface area contributed by atoms with Crippen molar-refractivity contribution in [3.8, 4) is 0 Å². The van der Waals surface area contributed by atoms with E-state index in [0.29, 0.717) is 0 Å². The van der Waals surface area contributed by atoms with Crippen molar-refractivity contribution in [1.29, 1.82) is 0 Å². The molecule has 0 N–H and O–H groups in total. The van der Waals surface area contributed by atoms with Gasteiger partial charge in [0.25, 0.3) is 0 Å². The standard InChI is InChI=1S/Ag.Ir.Sb.Te. The summed E-state index contributed by atoms with van der Waals surface area (Å²) < 4.78 is 0. The van der Waals surface area contributed by atoms with Crippen LogP contribution in [0.3, 0.4) is 0 Å². The second-order valence-electron chi connectivity index (χ2n) is 0. The van der Waals surface area contributed by atoms with E-state index in [9.17, 15) is 0 Å². The zero-order chi connectivity index (χ0) is 2.00. The predicted molar refractivity (Wildman–Crippen MR) is 11.5 cm³/mol. The van der Waals surface area contributed by atoms with Crippen LogP contribution in [0.1, 0.15) is 0 Å². The van der Waals surface area contributed by atoms with Gasteiger partial charge in [-0.2, -0.15) is 0 Å². The average Bonchev–Trinajstić information content (AvgIpc) is 1.00. The van der Waals surface area contributed by atoms with Crippen LogP contribution in [-0.2, 0) is 42.5 Å². The van der Waals surface area contributed by atoms with Crippen LogP contribution >= 0.6 is 0 Å². The Morgan fingerprint density at radius 1 is 1.25 bits per heavy atom. The van der Waals surface area contributed by atoms with Crippen LogP contribution in [0.2, 0.25) is 0 Å². The molecule has 0 nitrogen and oxygen atoms in total. The maximum atomic E-state index is 2.00. The van der Waals surface area contributed by atoms with E-state index in [4.69, 9.17) is 0 Å². The molecule has 0 bridgehead atoms. The van der Waals surface area contributed by atoms with E-state index in [1.54, 1.807) is 18.4 Å². The fourth-order valence-electron chi connectivity index (χ4n) is 0. The number of rotatable bonds is 0. The van der Waals surface area contributed by atoms with Crippen molar-refractivity contribution in [2.75, 3.05) is 0 Å². The molecule has 4 heavy (non-hydrogen) atoms. The second-order valence-corrected chi connectivity index (χ2v) is 0. The Morgan fingerprint density at radius 3 is 1.25 bits per heavy atom. The van der Waals surface area contributed by atoms with Gasteiger partial charge >= 0.3 is 36.0 Å². The fraction of sp³-hybridized carbons (Fsp3) is 0. The molecule has 0 fully saturated rings. The average molecular weight is 549 g/mol. The Kier molecular flexibility index (Phi) is 65.6. The van der Waals surface area contributed by atoms with Gasteiger partial charge < -0.3 is 0 Å². The summed E-state index contributed by atoms with van der Waals surface area (Å²) in [6, 6.07) is 0. The topological polar surface area (TPSA) is 0 Å². The molecule has 0 spiro atoms. The molecule has 0 amide bonds. The number of hydrogen-bond donors (Lipinski definition) is 0. The summed E-state index contributed by atoms with van der Waals surface area (Å²) >= 11 is 3.76. The van der Waals surface area contributed by atoms with Crippen LogP contribution in [0.4, 0.5) is 0 Å². The van der Waals surface area contributed by atoms with Gasteiger partial charge in [-0.1, -0.05) is 0 Å². The SMILES string of the molecule is [Ag].[Ir].[Sb]=[Te]. The molecule has 4 heteroatoms.